The van der Waals surface area contributed by atoms with Crippen molar-refractivity contribution < 1.29 is 9.59 Å². The Morgan fingerprint density at radius 3 is 2.33 bits per heavy atom. The maximum absolute atomic E-state index is 12.5. The second kappa shape index (κ2) is 4.60. The molecule has 0 radical (unpaired) electrons. The monoisotopic (exact) mass is 302 g/mol. The first kappa shape index (κ1) is 12.9. The number of amides is 2. The lowest BCUT2D eigenvalue weighted by Gasteiger charge is -2.18. The molecule has 1 aromatic rings. The van der Waals surface area contributed by atoms with Crippen LogP contribution < -0.4 is 5.32 Å². The Bertz CT molecular complexity index is 627. The number of carbonyl (C=O) groups excluding carboxylic acids is 2. The second-order valence-electron chi connectivity index (χ2n) is 5.92. The van der Waals surface area contributed by atoms with E-state index in [0.29, 0.717) is 5.02 Å². The molecule has 1 saturated carbocycles. The van der Waals surface area contributed by atoms with E-state index in [2.05, 4.69) is 17.5 Å². The molecule has 2 aliphatic carbocycles. The van der Waals surface area contributed by atoms with Crippen molar-refractivity contribution in [3.8, 4) is 0 Å². The molecule has 1 saturated heterocycles. The lowest BCUT2D eigenvalue weighted by molar-refractivity contribution is -0.140. The summed E-state index contributed by atoms with van der Waals surface area (Å²) < 4.78 is 0. The van der Waals surface area contributed by atoms with Crippen LogP contribution in [0.3, 0.4) is 0 Å². The third-order valence-corrected chi connectivity index (χ3v) is 5.19. The molecule has 4 rings (SSSR count). The van der Waals surface area contributed by atoms with E-state index in [1.807, 2.05) is 18.2 Å². The van der Waals surface area contributed by atoms with E-state index in [0.717, 1.165) is 12.1 Å². The van der Waals surface area contributed by atoms with E-state index in [-0.39, 0.29) is 42.2 Å². The van der Waals surface area contributed by atoms with Crippen LogP contribution in [0.15, 0.2) is 36.4 Å². The normalized spacial score (nSPS) is 32.9. The van der Waals surface area contributed by atoms with Gasteiger partial charge in [0, 0.05) is 0 Å². The summed E-state index contributed by atoms with van der Waals surface area (Å²) in [5.41, 5.74) is 0.734. The van der Waals surface area contributed by atoms with Crippen molar-refractivity contribution in [1.82, 2.24) is 4.90 Å². The van der Waals surface area contributed by atoms with E-state index in [1.54, 1.807) is 6.07 Å². The zero-order valence-electron chi connectivity index (χ0n) is 11.3. The fourth-order valence-electron chi connectivity index (χ4n) is 3.89. The van der Waals surface area contributed by atoms with Gasteiger partial charge in [0.2, 0.25) is 11.8 Å². The van der Waals surface area contributed by atoms with Crippen LogP contribution in [0, 0.1) is 23.7 Å². The van der Waals surface area contributed by atoms with Crippen molar-refractivity contribution in [1.29, 1.82) is 0 Å². The van der Waals surface area contributed by atoms with Crippen LogP contribution in [0.5, 0.6) is 0 Å². The maximum Gasteiger partial charge on any atom is 0.235 e. The molecule has 1 aliphatic heterocycles. The van der Waals surface area contributed by atoms with Crippen LogP contribution >= 0.6 is 11.6 Å². The molecule has 108 valence electrons. The lowest BCUT2D eigenvalue weighted by atomic mass is 9.85. The SMILES string of the molecule is O=C1[C@H]2[C@H](C(=O)N1CNc1ccccc1Cl)[C@H]1C=C[C@H]2C1. The largest absolute Gasteiger partial charge is 0.366 e. The van der Waals surface area contributed by atoms with Gasteiger partial charge in [-0.2, -0.15) is 0 Å². The highest BCUT2D eigenvalue weighted by Gasteiger charge is 2.59. The summed E-state index contributed by atoms with van der Waals surface area (Å²) in [7, 11) is 0. The van der Waals surface area contributed by atoms with Crippen molar-refractivity contribution in [3.63, 3.8) is 0 Å². The Morgan fingerprint density at radius 1 is 1.10 bits per heavy atom. The lowest BCUT2D eigenvalue weighted by Crippen LogP contribution is -2.37. The fourth-order valence-corrected chi connectivity index (χ4v) is 4.09. The number of anilines is 1. The van der Waals surface area contributed by atoms with Crippen LogP contribution in [-0.2, 0) is 9.59 Å². The maximum atomic E-state index is 12.5. The Morgan fingerprint density at radius 2 is 1.71 bits per heavy atom. The summed E-state index contributed by atoms with van der Waals surface area (Å²) >= 11 is 6.07. The van der Waals surface area contributed by atoms with Gasteiger partial charge >= 0.3 is 0 Å². The molecule has 2 bridgehead atoms. The van der Waals surface area contributed by atoms with Gasteiger partial charge in [-0.15, -0.1) is 0 Å². The topological polar surface area (TPSA) is 49.4 Å². The number of para-hydroxylation sites is 1. The number of halogens is 1. The Kier molecular flexibility index (Phi) is 2.82. The number of nitrogens with zero attached hydrogens (tertiary/aromatic N) is 1. The summed E-state index contributed by atoms with van der Waals surface area (Å²) in [6.07, 6.45) is 5.16. The average Bonchev–Trinajstić information content (AvgIpc) is 3.14. The molecule has 2 amide bonds. The Hall–Kier alpha value is -1.81. The molecule has 3 aliphatic rings. The number of fused-ring (bicyclic) bond motifs is 5. The minimum Gasteiger partial charge on any atom is -0.366 e. The molecule has 1 N–H and O–H groups in total. The predicted molar refractivity (Wildman–Crippen MR) is 79.5 cm³/mol. The molecule has 4 atom stereocenters. The number of hydrogen-bond donors (Lipinski definition) is 1. The van der Waals surface area contributed by atoms with Crippen LogP contribution in [-0.4, -0.2) is 23.4 Å². The first-order valence-corrected chi connectivity index (χ1v) is 7.56. The predicted octanol–water partition coefficient (Wildman–Crippen LogP) is 2.52. The van der Waals surface area contributed by atoms with Gasteiger partial charge in [0.15, 0.2) is 0 Å². The van der Waals surface area contributed by atoms with Crippen LogP contribution in [0.25, 0.3) is 0 Å². The van der Waals surface area contributed by atoms with Crippen molar-refractivity contribution in [2.45, 2.75) is 6.42 Å². The van der Waals surface area contributed by atoms with Gasteiger partial charge in [-0.25, -0.2) is 0 Å². The summed E-state index contributed by atoms with van der Waals surface area (Å²) in [6.45, 7) is 0.188. The van der Waals surface area contributed by atoms with Gasteiger partial charge in [-0.1, -0.05) is 35.9 Å². The van der Waals surface area contributed by atoms with Crippen molar-refractivity contribution >= 4 is 29.1 Å². The van der Waals surface area contributed by atoms with Crippen molar-refractivity contribution in [2.75, 3.05) is 12.0 Å². The number of carbonyl (C=O) groups is 2. The van der Waals surface area contributed by atoms with Gasteiger partial charge in [0.25, 0.3) is 0 Å². The zero-order chi connectivity index (χ0) is 14.6. The van der Waals surface area contributed by atoms with Gasteiger partial charge in [-0.3, -0.25) is 14.5 Å². The Balaban J connectivity index is 1.51. The number of rotatable bonds is 3. The van der Waals surface area contributed by atoms with E-state index < -0.39 is 0 Å². The molecule has 2 fully saturated rings. The van der Waals surface area contributed by atoms with E-state index >= 15 is 0 Å². The number of benzene rings is 1. The van der Waals surface area contributed by atoms with Crippen LogP contribution in [0.2, 0.25) is 5.02 Å². The molecule has 21 heavy (non-hydrogen) atoms. The molecular formula is C16H15ClN2O2. The highest BCUT2D eigenvalue weighted by molar-refractivity contribution is 6.33. The molecule has 0 spiro atoms. The minimum atomic E-state index is -0.138. The summed E-state index contributed by atoms with van der Waals surface area (Å²) in [5.74, 6) is 0.146. The van der Waals surface area contributed by atoms with E-state index in [9.17, 15) is 9.59 Å². The van der Waals surface area contributed by atoms with Gasteiger partial charge in [0.05, 0.1) is 29.2 Å². The van der Waals surface area contributed by atoms with Gasteiger partial charge in [0.1, 0.15) is 0 Å². The summed E-state index contributed by atoms with van der Waals surface area (Å²) in [6, 6.07) is 7.31. The minimum absolute atomic E-state index is 0.0404. The zero-order valence-corrected chi connectivity index (χ0v) is 12.1. The number of allylic oxidation sites excluding steroid dienone is 2. The van der Waals surface area contributed by atoms with Crippen molar-refractivity contribution in [3.05, 3.63) is 41.4 Å². The van der Waals surface area contributed by atoms with Crippen molar-refractivity contribution in [2.24, 2.45) is 23.7 Å². The van der Waals surface area contributed by atoms with Crippen LogP contribution in [0.4, 0.5) is 5.69 Å². The number of hydrogen-bond acceptors (Lipinski definition) is 3. The molecule has 0 unspecified atom stereocenters. The van der Waals surface area contributed by atoms with E-state index in [4.69, 9.17) is 11.6 Å². The molecular weight excluding hydrogens is 288 g/mol. The molecule has 4 nitrogen and oxygen atoms in total. The van der Waals surface area contributed by atoms with Gasteiger partial charge in [-0.05, 0) is 30.4 Å². The second-order valence-corrected chi connectivity index (χ2v) is 6.33. The average molecular weight is 303 g/mol. The Labute approximate surface area is 127 Å². The highest BCUT2D eigenvalue weighted by Crippen LogP contribution is 2.52. The summed E-state index contributed by atoms with van der Waals surface area (Å²) in [4.78, 5) is 26.3. The molecule has 1 aromatic carbocycles. The smallest absolute Gasteiger partial charge is 0.235 e. The quantitative estimate of drug-likeness (QED) is 0.689. The molecule has 1 heterocycles. The first-order valence-electron chi connectivity index (χ1n) is 7.19. The third-order valence-electron chi connectivity index (χ3n) is 4.86. The number of nitrogens with one attached hydrogen (secondary N) is 1. The highest BCUT2D eigenvalue weighted by atomic mass is 35.5. The molecule has 5 heteroatoms. The number of imide groups is 1. The number of likely N-dealkylation sites (tertiary alicyclic amines) is 1. The van der Waals surface area contributed by atoms with Crippen LogP contribution in [0.1, 0.15) is 6.42 Å². The first-order chi connectivity index (χ1) is 10.2. The third kappa shape index (κ3) is 1.82. The van der Waals surface area contributed by atoms with Gasteiger partial charge < -0.3 is 5.32 Å². The summed E-state index contributed by atoms with van der Waals surface area (Å²) in [5, 5.41) is 3.67. The molecule has 0 aromatic heterocycles. The standard InChI is InChI=1S/C16H15ClN2O2/c17-11-3-1-2-4-12(11)18-8-19-15(20)13-9-5-6-10(7-9)14(13)16(19)21/h1-6,9-10,13-14,18H,7-8H2/t9-,10-,13+,14+/m0/s1. The van der Waals surface area contributed by atoms with E-state index in [1.165, 1.54) is 4.90 Å². The fraction of sp³-hybridized carbons (Fsp3) is 0.375.